The van der Waals surface area contributed by atoms with Crippen molar-refractivity contribution in [1.29, 1.82) is 0 Å². The van der Waals surface area contributed by atoms with E-state index in [1.54, 1.807) is 6.08 Å². The number of amides is 2. The molecule has 0 spiro atoms. The predicted octanol–water partition coefficient (Wildman–Crippen LogP) is 1.16. The molecule has 0 aromatic rings. The summed E-state index contributed by atoms with van der Waals surface area (Å²) in [5.41, 5.74) is 0. The van der Waals surface area contributed by atoms with Crippen LogP contribution in [-0.2, 0) is 19.1 Å². The van der Waals surface area contributed by atoms with E-state index in [1.807, 2.05) is 13.8 Å². The molecule has 0 rings (SSSR count). The lowest BCUT2D eigenvalue weighted by molar-refractivity contribution is -0.145. The molecule has 0 saturated carbocycles. The first-order valence-corrected chi connectivity index (χ1v) is 7.08. The number of ether oxygens (including phenoxy) is 1. The Morgan fingerprint density at radius 3 is 2.24 bits per heavy atom. The highest BCUT2D eigenvalue weighted by Gasteiger charge is 2.26. The second-order valence-corrected chi connectivity index (χ2v) is 5.33. The first kappa shape index (κ1) is 19.1. The van der Waals surface area contributed by atoms with Gasteiger partial charge >= 0.3 is 5.97 Å². The van der Waals surface area contributed by atoms with Crippen molar-refractivity contribution in [2.24, 2.45) is 5.92 Å². The first-order valence-electron chi connectivity index (χ1n) is 7.08. The van der Waals surface area contributed by atoms with Crippen LogP contribution in [0.2, 0.25) is 0 Å². The number of hydrogen-bond donors (Lipinski definition) is 2. The summed E-state index contributed by atoms with van der Waals surface area (Å²) in [6, 6.07) is -1.39. The third-order valence-electron chi connectivity index (χ3n) is 2.86. The van der Waals surface area contributed by atoms with E-state index >= 15 is 0 Å². The minimum atomic E-state index is -0.732. The zero-order chi connectivity index (χ0) is 16.4. The Morgan fingerprint density at radius 2 is 1.81 bits per heavy atom. The minimum absolute atomic E-state index is 0.234. The molecule has 0 aliphatic rings. The summed E-state index contributed by atoms with van der Waals surface area (Å²) in [4.78, 5) is 35.1. The quantitative estimate of drug-likeness (QED) is 0.494. The van der Waals surface area contributed by atoms with E-state index in [9.17, 15) is 14.4 Å². The van der Waals surface area contributed by atoms with Crippen molar-refractivity contribution in [1.82, 2.24) is 10.6 Å². The van der Waals surface area contributed by atoms with Gasteiger partial charge in [0.15, 0.2) is 0 Å². The molecule has 6 heteroatoms. The number of esters is 1. The molecule has 0 aliphatic heterocycles. The van der Waals surface area contributed by atoms with Crippen LogP contribution in [0, 0.1) is 5.92 Å². The maximum atomic E-state index is 12.2. The van der Waals surface area contributed by atoms with Gasteiger partial charge in [-0.25, -0.2) is 4.79 Å². The summed E-state index contributed by atoms with van der Waals surface area (Å²) >= 11 is 0. The fourth-order valence-corrected chi connectivity index (χ4v) is 1.90. The summed E-state index contributed by atoms with van der Waals surface area (Å²) in [5, 5.41) is 5.24. The van der Waals surface area contributed by atoms with Crippen molar-refractivity contribution < 1.29 is 19.1 Å². The molecule has 0 bridgehead atoms. The van der Waals surface area contributed by atoms with E-state index < -0.39 is 18.1 Å². The van der Waals surface area contributed by atoms with E-state index in [0.717, 1.165) is 0 Å². The largest absolute Gasteiger partial charge is 0.467 e. The van der Waals surface area contributed by atoms with Gasteiger partial charge in [0, 0.05) is 6.92 Å². The second kappa shape index (κ2) is 9.96. The van der Waals surface area contributed by atoms with Crippen molar-refractivity contribution in [2.75, 3.05) is 7.11 Å². The SMILES string of the molecule is C=CCC[C@H](NC(=O)[C@H](CC(C)C)NC(C)=O)C(=O)OC. The van der Waals surface area contributed by atoms with Crippen molar-refractivity contribution in [2.45, 2.75) is 52.1 Å². The molecule has 0 saturated heterocycles. The average molecular weight is 298 g/mol. The number of methoxy groups -OCH3 is 1. The van der Waals surface area contributed by atoms with Gasteiger partial charge in [-0.2, -0.15) is 0 Å². The molecule has 0 aromatic heterocycles. The fourth-order valence-electron chi connectivity index (χ4n) is 1.90. The van der Waals surface area contributed by atoms with E-state index in [-0.39, 0.29) is 17.7 Å². The Bertz CT molecular complexity index is 380. The Hall–Kier alpha value is -1.85. The predicted molar refractivity (Wildman–Crippen MR) is 80.4 cm³/mol. The van der Waals surface area contributed by atoms with E-state index in [1.165, 1.54) is 14.0 Å². The van der Waals surface area contributed by atoms with Crippen LogP contribution in [-0.4, -0.2) is 37.0 Å². The summed E-state index contributed by atoms with van der Waals surface area (Å²) in [7, 11) is 1.27. The molecular weight excluding hydrogens is 272 g/mol. The lowest BCUT2D eigenvalue weighted by atomic mass is 10.0. The van der Waals surface area contributed by atoms with Gasteiger partial charge in [-0.3, -0.25) is 9.59 Å². The van der Waals surface area contributed by atoms with Crippen LogP contribution in [0.1, 0.15) is 40.0 Å². The number of hydrogen-bond acceptors (Lipinski definition) is 4. The zero-order valence-corrected chi connectivity index (χ0v) is 13.3. The van der Waals surface area contributed by atoms with E-state index in [2.05, 4.69) is 21.9 Å². The first-order chi connectivity index (χ1) is 9.81. The smallest absolute Gasteiger partial charge is 0.328 e. The molecule has 2 amide bonds. The Kier molecular flexibility index (Phi) is 9.08. The molecule has 2 atom stereocenters. The number of carbonyl (C=O) groups excluding carboxylic acids is 3. The van der Waals surface area contributed by atoms with E-state index in [0.29, 0.717) is 19.3 Å². The fraction of sp³-hybridized carbons (Fsp3) is 0.667. The number of rotatable bonds is 9. The summed E-state index contributed by atoms with van der Waals surface area (Å²) in [6.07, 6.45) is 3.16. The van der Waals surface area contributed by atoms with Gasteiger partial charge in [-0.05, 0) is 25.2 Å². The Morgan fingerprint density at radius 1 is 1.19 bits per heavy atom. The van der Waals surface area contributed by atoms with Crippen LogP contribution in [0.4, 0.5) is 0 Å². The summed E-state index contributed by atoms with van der Waals surface area (Å²) < 4.78 is 4.68. The summed E-state index contributed by atoms with van der Waals surface area (Å²) in [5.74, 6) is -0.927. The number of carbonyl (C=O) groups is 3. The van der Waals surface area contributed by atoms with E-state index in [4.69, 9.17) is 0 Å². The maximum absolute atomic E-state index is 12.2. The minimum Gasteiger partial charge on any atom is -0.467 e. The van der Waals surface area contributed by atoms with Gasteiger partial charge in [0.2, 0.25) is 11.8 Å². The van der Waals surface area contributed by atoms with Gasteiger partial charge in [0.1, 0.15) is 12.1 Å². The van der Waals surface area contributed by atoms with Crippen molar-refractivity contribution in [3.8, 4) is 0 Å². The molecule has 6 nitrogen and oxygen atoms in total. The standard InChI is InChI=1S/C15H26N2O4/c1-6-7-8-12(15(20)21-5)17-14(19)13(9-10(2)3)16-11(4)18/h6,10,12-13H,1,7-9H2,2-5H3,(H,16,18)(H,17,19)/t12-,13-/m0/s1. The highest BCUT2D eigenvalue weighted by molar-refractivity contribution is 5.90. The highest BCUT2D eigenvalue weighted by atomic mass is 16.5. The third-order valence-corrected chi connectivity index (χ3v) is 2.86. The van der Waals surface area contributed by atoms with Gasteiger partial charge < -0.3 is 15.4 Å². The molecule has 0 radical (unpaired) electrons. The van der Waals surface area contributed by atoms with Gasteiger partial charge in [-0.1, -0.05) is 19.9 Å². The van der Waals surface area contributed by atoms with Crippen LogP contribution in [0.25, 0.3) is 0 Å². The molecule has 21 heavy (non-hydrogen) atoms. The lowest BCUT2D eigenvalue weighted by Crippen LogP contribution is -2.51. The molecular formula is C15H26N2O4. The number of allylic oxidation sites excluding steroid dienone is 1. The lowest BCUT2D eigenvalue weighted by Gasteiger charge is -2.22. The molecule has 0 aromatic carbocycles. The molecule has 0 heterocycles. The molecule has 0 aliphatic carbocycles. The molecule has 0 unspecified atom stereocenters. The van der Waals surface area contributed by atoms with Crippen molar-refractivity contribution >= 4 is 17.8 Å². The second-order valence-electron chi connectivity index (χ2n) is 5.33. The van der Waals surface area contributed by atoms with Gasteiger partial charge in [0.25, 0.3) is 0 Å². The highest BCUT2D eigenvalue weighted by Crippen LogP contribution is 2.07. The Balaban J connectivity index is 4.82. The van der Waals surface area contributed by atoms with Gasteiger partial charge in [0.05, 0.1) is 7.11 Å². The van der Waals surface area contributed by atoms with Crippen LogP contribution in [0.15, 0.2) is 12.7 Å². The third kappa shape index (κ3) is 8.12. The normalized spacial score (nSPS) is 13.2. The number of nitrogens with one attached hydrogen (secondary N) is 2. The topological polar surface area (TPSA) is 84.5 Å². The van der Waals surface area contributed by atoms with Crippen molar-refractivity contribution in [3.05, 3.63) is 12.7 Å². The summed E-state index contributed by atoms with van der Waals surface area (Å²) in [6.45, 7) is 8.86. The van der Waals surface area contributed by atoms with Crippen molar-refractivity contribution in [3.63, 3.8) is 0 Å². The monoisotopic (exact) mass is 298 g/mol. The van der Waals surface area contributed by atoms with Gasteiger partial charge in [-0.15, -0.1) is 6.58 Å². The van der Waals surface area contributed by atoms with Crippen LogP contribution >= 0.6 is 0 Å². The zero-order valence-electron chi connectivity index (χ0n) is 13.3. The van der Waals surface area contributed by atoms with Crippen LogP contribution in [0.3, 0.4) is 0 Å². The maximum Gasteiger partial charge on any atom is 0.328 e. The average Bonchev–Trinajstić information content (AvgIpc) is 2.40. The van der Waals surface area contributed by atoms with Crippen LogP contribution in [0.5, 0.6) is 0 Å². The molecule has 2 N–H and O–H groups in total. The van der Waals surface area contributed by atoms with Crippen LogP contribution < -0.4 is 10.6 Å². The molecule has 0 fully saturated rings. The Labute approximate surface area is 126 Å². The molecule has 120 valence electrons.